The summed E-state index contributed by atoms with van der Waals surface area (Å²) in [6, 6.07) is 0.936. The van der Waals surface area contributed by atoms with Crippen LogP contribution in [-0.2, 0) is 0 Å². The number of nitrogens with zero attached hydrogens (tertiary/aromatic N) is 2. The van der Waals surface area contributed by atoms with E-state index in [0.717, 1.165) is 12.0 Å². The van der Waals surface area contributed by atoms with Gasteiger partial charge in [-0.05, 0) is 12.3 Å². The molecule has 2 aliphatic rings. The molecule has 88 valence electrons. The monoisotopic (exact) mass is 211 g/mol. The van der Waals surface area contributed by atoms with Crippen molar-refractivity contribution in [3.63, 3.8) is 0 Å². The van der Waals surface area contributed by atoms with Gasteiger partial charge >= 0.3 is 0 Å². The quantitative estimate of drug-likeness (QED) is 0.648. The summed E-state index contributed by atoms with van der Waals surface area (Å²) in [5.41, 5.74) is 0. The third-order valence-corrected chi connectivity index (χ3v) is 4.28. The maximum absolute atomic E-state index is 2.71. The van der Waals surface area contributed by atoms with E-state index in [4.69, 9.17) is 0 Å². The van der Waals surface area contributed by atoms with Crippen molar-refractivity contribution in [3.8, 4) is 0 Å². The third-order valence-electron chi connectivity index (χ3n) is 4.28. The van der Waals surface area contributed by atoms with Crippen LogP contribution in [0.1, 0.15) is 40.0 Å². The van der Waals surface area contributed by atoms with Gasteiger partial charge in [-0.3, -0.25) is 4.90 Å². The van der Waals surface area contributed by atoms with Crippen LogP contribution in [-0.4, -0.2) is 48.3 Å². The molecule has 0 aromatic heterocycles. The fourth-order valence-electron chi connectivity index (χ4n) is 3.68. The van der Waals surface area contributed by atoms with Crippen molar-refractivity contribution in [3.05, 3.63) is 0 Å². The molecule has 15 heavy (non-hydrogen) atoms. The molecule has 2 heterocycles. The largest absolute Gasteiger partial charge is 0.308 e. The van der Waals surface area contributed by atoms with Gasteiger partial charge in [0.15, 0.2) is 0 Å². The first-order chi connectivity index (χ1) is 7.16. The van der Waals surface area contributed by atoms with Crippen LogP contribution in [0, 0.1) is 5.92 Å². The predicted octanol–water partition coefficient (Wildman–Crippen LogP) is 2.30. The highest BCUT2D eigenvalue weighted by Gasteiger charge is 2.46. The summed E-state index contributed by atoms with van der Waals surface area (Å²) in [6.07, 6.45) is 4.30. The molecule has 2 fully saturated rings. The zero-order valence-corrected chi connectivity index (χ0v) is 10.7. The molecule has 0 saturated carbocycles. The lowest BCUT2D eigenvalue weighted by Crippen LogP contribution is -2.50. The van der Waals surface area contributed by atoms with E-state index in [-0.39, 0.29) is 0 Å². The van der Waals surface area contributed by atoms with Gasteiger partial charge in [-0.15, -0.1) is 0 Å². The Bertz CT molecular complexity index is 207. The standard InChI is InChI=1S/C13H27N2/c1-4-13-10-14(9-12(2)3)11-15(13)7-5-6-8-15/h12-13H,4-11H2,1-3H3/q+1. The number of hydrogen-bond donors (Lipinski definition) is 0. The number of rotatable bonds is 3. The Balaban J connectivity index is 2.00. The van der Waals surface area contributed by atoms with E-state index in [1.807, 2.05) is 0 Å². The Morgan fingerprint density at radius 1 is 1.27 bits per heavy atom. The van der Waals surface area contributed by atoms with Gasteiger partial charge in [-0.25, -0.2) is 0 Å². The van der Waals surface area contributed by atoms with E-state index in [0.29, 0.717) is 0 Å². The zero-order valence-electron chi connectivity index (χ0n) is 10.7. The average Bonchev–Trinajstić information content (AvgIpc) is 2.74. The molecule has 0 bridgehead atoms. The summed E-state index contributed by atoms with van der Waals surface area (Å²) in [7, 11) is 0. The van der Waals surface area contributed by atoms with Crippen molar-refractivity contribution in [2.45, 2.75) is 46.1 Å². The topological polar surface area (TPSA) is 3.24 Å². The van der Waals surface area contributed by atoms with Crippen LogP contribution in [0.5, 0.6) is 0 Å². The van der Waals surface area contributed by atoms with E-state index < -0.39 is 0 Å². The van der Waals surface area contributed by atoms with Crippen LogP contribution in [0.4, 0.5) is 0 Å². The SMILES string of the molecule is CCC1CN(CC(C)C)C[N+]12CCCC2. The Hall–Kier alpha value is -0.0800. The number of quaternary nitrogens is 1. The van der Waals surface area contributed by atoms with Crippen LogP contribution in [0.25, 0.3) is 0 Å². The van der Waals surface area contributed by atoms with E-state index in [2.05, 4.69) is 25.7 Å². The van der Waals surface area contributed by atoms with Crippen molar-refractivity contribution in [1.29, 1.82) is 0 Å². The van der Waals surface area contributed by atoms with Gasteiger partial charge in [0.2, 0.25) is 0 Å². The van der Waals surface area contributed by atoms with Crippen LogP contribution in [0.3, 0.4) is 0 Å². The Kier molecular flexibility index (Phi) is 3.36. The molecule has 1 unspecified atom stereocenters. The third kappa shape index (κ3) is 2.21. The van der Waals surface area contributed by atoms with Gasteiger partial charge in [-0.1, -0.05) is 20.8 Å². The summed E-state index contributed by atoms with van der Waals surface area (Å²) >= 11 is 0. The molecule has 2 heteroatoms. The average molecular weight is 211 g/mol. The molecule has 0 aromatic rings. The molecule has 0 radical (unpaired) electrons. The highest BCUT2D eigenvalue weighted by Crippen LogP contribution is 2.31. The summed E-state index contributed by atoms with van der Waals surface area (Å²) in [5, 5.41) is 0. The molecule has 2 saturated heterocycles. The molecule has 1 atom stereocenters. The molecule has 1 spiro atoms. The van der Waals surface area contributed by atoms with Gasteiger partial charge in [0.25, 0.3) is 0 Å². The fraction of sp³-hybridized carbons (Fsp3) is 1.00. The summed E-state index contributed by atoms with van der Waals surface area (Å²) in [4.78, 5) is 2.71. The predicted molar refractivity (Wildman–Crippen MR) is 64.6 cm³/mol. The molecule has 0 amide bonds. The molecule has 0 aliphatic carbocycles. The normalized spacial score (nSPS) is 30.8. The Labute approximate surface area is 94.8 Å². The molecule has 2 rings (SSSR count). The minimum atomic E-state index is 0.822. The first-order valence-electron chi connectivity index (χ1n) is 6.74. The summed E-state index contributed by atoms with van der Waals surface area (Å²) in [5.74, 6) is 0.822. The van der Waals surface area contributed by atoms with Crippen LogP contribution in [0.2, 0.25) is 0 Å². The van der Waals surface area contributed by atoms with E-state index in [9.17, 15) is 0 Å². The van der Waals surface area contributed by atoms with Crippen LogP contribution in [0.15, 0.2) is 0 Å². The number of hydrogen-bond acceptors (Lipinski definition) is 1. The first kappa shape index (κ1) is 11.4. The van der Waals surface area contributed by atoms with Gasteiger partial charge in [-0.2, -0.15) is 0 Å². The van der Waals surface area contributed by atoms with E-state index in [1.165, 1.54) is 56.6 Å². The minimum Gasteiger partial charge on any atom is -0.308 e. The second kappa shape index (κ2) is 4.42. The van der Waals surface area contributed by atoms with Crippen molar-refractivity contribution in [1.82, 2.24) is 4.90 Å². The maximum Gasteiger partial charge on any atom is 0.135 e. The van der Waals surface area contributed by atoms with Crippen molar-refractivity contribution < 1.29 is 4.48 Å². The smallest absolute Gasteiger partial charge is 0.135 e. The van der Waals surface area contributed by atoms with Gasteiger partial charge in [0, 0.05) is 19.4 Å². The van der Waals surface area contributed by atoms with Gasteiger partial charge in [0.1, 0.15) is 12.7 Å². The maximum atomic E-state index is 2.71. The molecule has 0 aromatic carbocycles. The minimum absolute atomic E-state index is 0.822. The highest BCUT2D eigenvalue weighted by molar-refractivity contribution is 4.75. The fourth-order valence-corrected chi connectivity index (χ4v) is 3.68. The van der Waals surface area contributed by atoms with Gasteiger partial charge < -0.3 is 4.48 Å². The Morgan fingerprint density at radius 2 is 1.93 bits per heavy atom. The Morgan fingerprint density at radius 3 is 2.47 bits per heavy atom. The molecule has 2 aliphatic heterocycles. The molecular formula is C13H27N2+. The van der Waals surface area contributed by atoms with Crippen LogP contribution >= 0.6 is 0 Å². The zero-order chi connectivity index (χ0) is 10.9. The second-order valence-electron chi connectivity index (χ2n) is 6.01. The van der Waals surface area contributed by atoms with Crippen molar-refractivity contribution in [2.75, 3.05) is 32.8 Å². The first-order valence-corrected chi connectivity index (χ1v) is 6.74. The van der Waals surface area contributed by atoms with Crippen molar-refractivity contribution >= 4 is 0 Å². The molecule has 0 N–H and O–H groups in total. The molecular weight excluding hydrogens is 184 g/mol. The van der Waals surface area contributed by atoms with Crippen molar-refractivity contribution in [2.24, 2.45) is 5.92 Å². The van der Waals surface area contributed by atoms with Gasteiger partial charge in [0.05, 0.1) is 19.6 Å². The summed E-state index contributed by atoms with van der Waals surface area (Å²) < 4.78 is 1.43. The second-order valence-corrected chi connectivity index (χ2v) is 6.01. The van der Waals surface area contributed by atoms with E-state index >= 15 is 0 Å². The van der Waals surface area contributed by atoms with E-state index in [1.54, 1.807) is 0 Å². The lowest BCUT2D eigenvalue weighted by Gasteiger charge is -2.34. The lowest BCUT2D eigenvalue weighted by atomic mass is 10.1. The highest BCUT2D eigenvalue weighted by atomic mass is 15.5. The lowest BCUT2D eigenvalue weighted by molar-refractivity contribution is -0.931. The summed E-state index contributed by atoms with van der Waals surface area (Å²) in [6.45, 7) is 14.0. The van der Waals surface area contributed by atoms with Crippen LogP contribution < -0.4 is 0 Å². The molecule has 2 nitrogen and oxygen atoms in total.